The maximum atomic E-state index is 13.3. The summed E-state index contributed by atoms with van der Waals surface area (Å²) in [5.41, 5.74) is 2.18. The van der Waals surface area contributed by atoms with Crippen molar-refractivity contribution in [2.24, 2.45) is 0 Å². The smallest absolute Gasteiger partial charge is 0.264 e. The molecule has 27 heavy (non-hydrogen) atoms. The van der Waals surface area contributed by atoms with Gasteiger partial charge < -0.3 is 10.1 Å². The highest BCUT2D eigenvalue weighted by Gasteiger charge is 2.28. The number of rotatable bonds is 8. The lowest BCUT2D eigenvalue weighted by Crippen LogP contribution is -2.45. The van der Waals surface area contributed by atoms with Gasteiger partial charge in [-0.2, -0.15) is 0 Å². The van der Waals surface area contributed by atoms with Crippen LogP contribution in [0.1, 0.15) is 18.1 Å². The van der Waals surface area contributed by atoms with E-state index >= 15 is 0 Å². The van der Waals surface area contributed by atoms with Crippen LogP contribution in [-0.2, 0) is 19.6 Å². The number of hydrogen-bond acceptors (Lipinski definition) is 4. The van der Waals surface area contributed by atoms with Gasteiger partial charge in [0, 0.05) is 13.2 Å². The van der Waals surface area contributed by atoms with Crippen LogP contribution in [0.2, 0.25) is 0 Å². The van der Waals surface area contributed by atoms with E-state index in [1.807, 2.05) is 26.0 Å². The minimum absolute atomic E-state index is 0.142. The third-order valence-corrected chi connectivity index (χ3v) is 5.85. The van der Waals surface area contributed by atoms with Gasteiger partial charge in [0.05, 0.1) is 17.2 Å². The molecule has 0 aromatic heterocycles. The molecule has 0 radical (unpaired) electrons. The monoisotopic (exact) mass is 390 g/mol. The van der Waals surface area contributed by atoms with Crippen LogP contribution in [0, 0.1) is 13.8 Å². The highest BCUT2D eigenvalue weighted by Crippen LogP contribution is 2.27. The van der Waals surface area contributed by atoms with Gasteiger partial charge in [-0.05, 0) is 50.1 Å². The number of carbonyl (C=O) groups is 1. The van der Waals surface area contributed by atoms with Crippen LogP contribution >= 0.6 is 0 Å². The molecule has 0 aliphatic carbocycles. The summed E-state index contributed by atoms with van der Waals surface area (Å²) in [6.45, 7) is 5.55. The van der Waals surface area contributed by atoms with Crippen LogP contribution < -0.4 is 9.62 Å². The van der Waals surface area contributed by atoms with Gasteiger partial charge in [0.15, 0.2) is 0 Å². The summed E-state index contributed by atoms with van der Waals surface area (Å²) in [6, 6.07) is 13.4. The lowest BCUT2D eigenvalue weighted by atomic mass is 10.1. The molecule has 0 heterocycles. The van der Waals surface area contributed by atoms with Gasteiger partial charge in [-0.25, -0.2) is 8.42 Å². The first-order valence-corrected chi connectivity index (χ1v) is 10.1. The van der Waals surface area contributed by atoms with Gasteiger partial charge in [0.2, 0.25) is 5.91 Å². The standard InChI is InChI=1S/C20H26N2O4S/c1-15-10-11-16(2)19(12-15)22(13-20(23)21-17(3)14-26-4)27(24,25)18-8-6-5-7-9-18/h5-12,17H,13-14H2,1-4H3,(H,21,23)/t17-/m1/s1. The zero-order valence-corrected chi connectivity index (χ0v) is 16.9. The van der Waals surface area contributed by atoms with E-state index < -0.39 is 10.0 Å². The maximum Gasteiger partial charge on any atom is 0.264 e. The average Bonchev–Trinajstić information content (AvgIpc) is 2.62. The number of hydrogen-bond donors (Lipinski definition) is 1. The van der Waals surface area contributed by atoms with Crippen LogP contribution in [0.5, 0.6) is 0 Å². The molecule has 2 rings (SSSR count). The van der Waals surface area contributed by atoms with Crippen molar-refractivity contribution in [2.45, 2.75) is 31.7 Å². The molecule has 2 aromatic carbocycles. The Hall–Kier alpha value is -2.38. The number of anilines is 1. The highest BCUT2D eigenvalue weighted by atomic mass is 32.2. The minimum Gasteiger partial charge on any atom is -0.383 e. The third-order valence-electron chi connectivity index (χ3n) is 4.08. The first-order valence-electron chi connectivity index (χ1n) is 8.69. The molecule has 0 unspecified atom stereocenters. The van der Waals surface area contributed by atoms with E-state index in [0.717, 1.165) is 11.1 Å². The molecular weight excluding hydrogens is 364 g/mol. The Balaban J connectivity index is 2.43. The fraction of sp³-hybridized carbons (Fsp3) is 0.350. The molecule has 7 heteroatoms. The molecule has 2 aromatic rings. The van der Waals surface area contributed by atoms with Crippen LogP contribution in [0.15, 0.2) is 53.4 Å². The molecule has 1 N–H and O–H groups in total. The molecule has 146 valence electrons. The highest BCUT2D eigenvalue weighted by molar-refractivity contribution is 7.92. The summed E-state index contributed by atoms with van der Waals surface area (Å²) in [6.07, 6.45) is 0. The molecule has 1 atom stereocenters. The van der Waals surface area contributed by atoms with E-state index in [2.05, 4.69) is 5.32 Å². The zero-order valence-electron chi connectivity index (χ0n) is 16.1. The molecule has 0 saturated heterocycles. The fourth-order valence-corrected chi connectivity index (χ4v) is 4.25. The summed E-state index contributed by atoms with van der Waals surface area (Å²) in [4.78, 5) is 12.7. The number of amides is 1. The Bertz CT molecular complexity index is 882. The molecule has 0 aliphatic heterocycles. The summed E-state index contributed by atoms with van der Waals surface area (Å²) >= 11 is 0. The topological polar surface area (TPSA) is 75.7 Å². The average molecular weight is 391 g/mol. The number of methoxy groups -OCH3 is 1. The predicted octanol–water partition coefficient (Wildman–Crippen LogP) is 2.65. The van der Waals surface area contributed by atoms with Crippen LogP contribution in [-0.4, -0.2) is 40.6 Å². The quantitative estimate of drug-likeness (QED) is 0.752. The first kappa shape index (κ1) is 20.9. The Morgan fingerprint density at radius 1 is 1.15 bits per heavy atom. The van der Waals surface area contributed by atoms with Crippen molar-refractivity contribution in [1.29, 1.82) is 0 Å². The molecule has 0 bridgehead atoms. The van der Waals surface area contributed by atoms with E-state index in [-0.39, 0.29) is 23.4 Å². The second-order valence-corrected chi connectivity index (χ2v) is 8.40. The van der Waals surface area contributed by atoms with Crippen molar-refractivity contribution in [3.63, 3.8) is 0 Å². The van der Waals surface area contributed by atoms with Crippen molar-refractivity contribution in [1.82, 2.24) is 5.32 Å². The predicted molar refractivity (Wildman–Crippen MR) is 106 cm³/mol. The van der Waals surface area contributed by atoms with E-state index in [4.69, 9.17) is 4.74 Å². The number of sulfonamides is 1. The second-order valence-electron chi connectivity index (χ2n) is 6.54. The normalized spacial score (nSPS) is 12.4. The molecule has 0 spiro atoms. The van der Waals surface area contributed by atoms with Gasteiger partial charge in [0.1, 0.15) is 6.54 Å². The summed E-state index contributed by atoms with van der Waals surface area (Å²) in [5, 5.41) is 2.77. The lowest BCUT2D eigenvalue weighted by Gasteiger charge is -2.26. The molecule has 0 fully saturated rings. The van der Waals surface area contributed by atoms with Crippen molar-refractivity contribution < 1.29 is 17.9 Å². The molecule has 1 amide bonds. The Kier molecular flexibility index (Phi) is 6.98. The van der Waals surface area contributed by atoms with Gasteiger partial charge in [-0.15, -0.1) is 0 Å². The van der Waals surface area contributed by atoms with Gasteiger partial charge in [0.25, 0.3) is 10.0 Å². The number of aryl methyl sites for hydroxylation is 2. The summed E-state index contributed by atoms with van der Waals surface area (Å²) in [5.74, 6) is -0.389. The van der Waals surface area contributed by atoms with Crippen molar-refractivity contribution in [3.8, 4) is 0 Å². The summed E-state index contributed by atoms with van der Waals surface area (Å²) in [7, 11) is -2.35. The molecular formula is C20H26N2O4S. The third kappa shape index (κ3) is 5.30. The van der Waals surface area contributed by atoms with Crippen LogP contribution in [0.3, 0.4) is 0 Å². The molecule has 6 nitrogen and oxygen atoms in total. The first-order chi connectivity index (χ1) is 12.8. The van der Waals surface area contributed by atoms with Gasteiger partial charge in [-0.1, -0.05) is 30.3 Å². The minimum atomic E-state index is -3.90. The summed E-state index contributed by atoms with van der Waals surface area (Å²) < 4.78 is 32.7. The second kappa shape index (κ2) is 9.01. The number of nitrogens with zero attached hydrogens (tertiary/aromatic N) is 1. The van der Waals surface area contributed by atoms with E-state index in [0.29, 0.717) is 12.3 Å². The number of nitrogens with one attached hydrogen (secondary N) is 1. The van der Waals surface area contributed by atoms with Crippen molar-refractivity contribution >= 4 is 21.6 Å². The lowest BCUT2D eigenvalue weighted by molar-refractivity contribution is -0.120. The van der Waals surface area contributed by atoms with Crippen LogP contribution in [0.25, 0.3) is 0 Å². The van der Waals surface area contributed by atoms with E-state index in [1.54, 1.807) is 38.3 Å². The van der Waals surface area contributed by atoms with Gasteiger partial charge in [-0.3, -0.25) is 9.10 Å². The van der Waals surface area contributed by atoms with Crippen LogP contribution in [0.4, 0.5) is 5.69 Å². The van der Waals surface area contributed by atoms with Crippen molar-refractivity contribution in [2.75, 3.05) is 24.6 Å². The SMILES string of the molecule is COC[C@@H](C)NC(=O)CN(c1cc(C)ccc1C)S(=O)(=O)c1ccccc1. The number of benzene rings is 2. The maximum absolute atomic E-state index is 13.3. The van der Waals surface area contributed by atoms with Gasteiger partial charge >= 0.3 is 0 Å². The van der Waals surface area contributed by atoms with E-state index in [1.165, 1.54) is 16.4 Å². The fourth-order valence-electron chi connectivity index (χ4n) is 2.75. The molecule has 0 aliphatic rings. The largest absolute Gasteiger partial charge is 0.383 e. The van der Waals surface area contributed by atoms with E-state index in [9.17, 15) is 13.2 Å². The van der Waals surface area contributed by atoms with Crippen molar-refractivity contribution in [3.05, 3.63) is 59.7 Å². The Labute approximate surface area is 161 Å². The Morgan fingerprint density at radius 3 is 2.44 bits per heavy atom. The zero-order chi connectivity index (χ0) is 20.0. The number of carbonyl (C=O) groups excluding carboxylic acids is 1. The Morgan fingerprint density at radius 2 is 1.81 bits per heavy atom. The molecule has 0 saturated carbocycles. The number of ether oxygens (including phenoxy) is 1.